The zero-order valence-electron chi connectivity index (χ0n) is 15.6. The van der Waals surface area contributed by atoms with Crippen LogP contribution < -0.4 is 10.6 Å². The third-order valence-corrected chi connectivity index (χ3v) is 4.69. The predicted octanol–water partition coefficient (Wildman–Crippen LogP) is 3.47. The van der Waals surface area contributed by atoms with Crippen molar-refractivity contribution in [3.8, 4) is 5.82 Å². The molecule has 0 atom stereocenters. The van der Waals surface area contributed by atoms with E-state index in [0.717, 1.165) is 27.8 Å². The second kappa shape index (κ2) is 9.98. The van der Waals surface area contributed by atoms with Gasteiger partial charge < -0.3 is 10.6 Å². The average molecular weight is 445 g/mol. The summed E-state index contributed by atoms with van der Waals surface area (Å²) in [7, 11) is 1.73. The van der Waals surface area contributed by atoms with Gasteiger partial charge in [0, 0.05) is 43.2 Å². The van der Waals surface area contributed by atoms with Gasteiger partial charge in [-0.2, -0.15) is 0 Å². The molecule has 0 aliphatic heterocycles. The van der Waals surface area contributed by atoms with E-state index in [0.29, 0.717) is 25.5 Å². The number of aromatic nitrogens is 3. The molecule has 0 saturated carbocycles. The van der Waals surface area contributed by atoms with Crippen LogP contribution in [0.4, 0.5) is 4.39 Å². The monoisotopic (exact) mass is 444 g/mol. The molecular formula is C20H22BrFN6. The van der Waals surface area contributed by atoms with Crippen molar-refractivity contribution >= 4 is 21.9 Å². The maximum atomic E-state index is 13.8. The first-order valence-electron chi connectivity index (χ1n) is 8.97. The van der Waals surface area contributed by atoms with E-state index in [1.807, 2.05) is 35.0 Å². The number of guanidine groups is 1. The van der Waals surface area contributed by atoms with E-state index < -0.39 is 0 Å². The molecule has 6 nitrogen and oxygen atoms in total. The van der Waals surface area contributed by atoms with Crippen LogP contribution >= 0.6 is 15.9 Å². The van der Waals surface area contributed by atoms with Crippen molar-refractivity contribution in [2.24, 2.45) is 4.99 Å². The van der Waals surface area contributed by atoms with Gasteiger partial charge in [-0.25, -0.2) is 14.4 Å². The number of nitrogens with zero attached hydrogens (tertiary/aromatic N) is 4. The van der Waals surface area contributed by atoms with Gasteiger partial charge in [0.1, 0.15) is 18.0 Å². The SMILES string of the molecule is CN=C(NCCCc1ccc(Br)cc1F)NCc1ccnc(-n2ccnc2)c1. The topological polar surface area (TPSA) is 67.1 Å². The largest absolute Gasteiger partial charge is 0.356 e. The number of aliphatic imine (C=N–C) groups is 1. The number of halogens is 2. The van der Waals surface area contributed by atoms with Crippen LogP contribution in [0.1, 0.15) is 17.5 Å². The highest BCUT2D eigenvalue weighted by Gasteiger charge is 2.04. The summed E-state index contributed by atoms with van der Waals surface area (Å²) in [4.78, 5) is 12.6. The van der Waals surface area contributed by atoms with Gasteiger partial charge in [-0.05, 0) is 48.2 Å². The van der Waals surface area contributed by atoms with Gasteiger partial charge in [0.2, 0.25) is 0 Å². The van der Waals surface area contributed by atoms with E-state index >= 15 is 0 Å². The molecular weight excluding hydrogens is 423 g/mol. The molecule has 0 aliphatic rings. The zero-order chi connectivity index (χ0) is 19.8. The van der Waals surface area contributed by atoms with Crippen molar-refractivity contribution in [1.82, 2.24) is 25.2 Å². The lowest BCUT2D eigenvalue weighted by molar-refractivity contribution is 0.602. The molecule has 1 aromatic carbocycles. The fourth-order valence-electron chi connectivity index (χ4n) is 2.72. The van der Waals surface area contributed by atoms with E-state index in [1.54, 1.807) is 25.8 Å². The number of pyridine rings is 1. The van der Waals surface area contributed by atoms with Crippen molar-refractivity contribution in [3.63, 3.8) is 0 Å². The average Bonchev–Trinajstić information content (AvgIpc) is 3.24. The molecule has 0 radical (unpaired) electrons. The molecule has 3 rings (SSSR count). The zero-order valence-corrected chi connectivity index (χ0v) is 17.2. The second-order valence-corrected chi connectivity index (χ2v) is 7.10. The molecule has 3 aromatic rings. The number of benzene rings is 1. The molecule has 0 unspecified atom stereocenters. The van der Waals surface area contributed by atoms with Crippen LogP contribution in [0.2, 0.25) is 0 Å². The van der Waals surface area contributed by atoms with Gasteiger partial charge in [-0.3, -0.25) is 9.56 Å². The van der Waals surface area contributed by atoms with Gasteiger partial charge in [0.05, 0.1) is 0 Å². The third kappa shape index (κ3) is 5.63. The summed E-state index contributed by atoms with van der Waals surface area (Å²) in [5.41, 5.74) is 1.80. The summed E-state index contributed by atoms with van der Waals surface area (Å²) >= 11 is 3.27. The fourth-order valence-corrected chi connectivity index (χ4v) is 3.06. The van der Waals surface area contributed by atoms with Gasteiger partial charge in [-0.15, -0.1) is 0 Å². The lowest BCUT2D eigenvalue weighted by atomic mass is 10.1. The number of rotatable bonds is 7. The van der Waals surface area contributed by atoms with Gasteiger partial charge >= 0.3 is 0 Å². The number of aryl methyl sites for hydroxylation is 1. The standard InChI is InChI=1S/C20H22BrFN6/c1-23-20(26-7-2-3-16-4-5-17(21)12-18(16)22)27-13-15-6-8-25-19(11-15)28-10-9-24-14-28/h4-6,8-12,14H,2-3,7,13H2,1H3,(H2,23,26,27). The maximum absolute atomic E-state index is 13.8. The van der Waals surface area contributed by atoms with Crippen molar-refractivity contribution in [3.05, 3.63) is 76.7 Å². The van der Waals surface area contributed by atoms with E-state index in [2.05, 4.69) is 41.5 Å². The molecule has 146 valence electrons. The summed E-state index contributed by atoms with van der Waals surface area (Å²) in [5.74, 6) is 1.34. The lowest BCUT2D eigenvalue weighted by Gasteiger charge is -2.12. The Morgan fingerprint density at radius 2 is 2.11 bits per heavy atom. The minimum Gasteiger partial charge on any atom is -0.356 e. The maximum Gasteiger partial charge on any atom is 0.191 e. The van der Waals surface area contributed by atoms with E-state index in [9.17, 15) is 4.39 Å². The number of hydrogen-bond acceptors (Lipinski definition) is 3. The predicted molar refractivity (Wildman–Crippen MR) is 112 cm³/mol. The first kappa shape index (κ1) is 20.0. The summed E-state index contributed by atoms with van der Waals surface area (Å²) in [6, 6.07) is 9.12. The third-order valence-electron chi connectivity index (χ3n) is 4.19. The summed E-state index contributed by atoms with van der Waals surface area (Å²) in [5, 5.41) is 6.54. The normalized spacial score (nSPS) is 11.5. The summed E-state index contributed by atoms with van der Waals surface area (Å²) in [6.45, 7) is 1.32. The minimum atomic E-state index is -0.178. The fraction of sp³-hybridized carbons (Fsp3) is 0.250. The molecule has 2 heterocycles. The Labute approximate surface area is 172 Å². The van der Waals surface area contributed by atoms with Gasteiger partial charge in [-0.1, -0.05) is 22.0 Å². The van der Waals surface area contributed by atoms with Crippen LogP contribution in [0.25, 0.3) is 5.82 Å². The number of nitrogens with one attached hydrogen (secondary N) is 2. The van der Waals surface area contributed by atoms with E-state index in [4.69, 9.17) is 0 Å². The highest BCUT2D eigenvalue weighted by molar-refractivity contribution is 9.10. The molecule has 8 heteroatoms. The van der Waals surface area contributed by atoms with Crippen LogP contribution in [-0.2, 0) is 13.0 Å². The van der Waals surface area contributed by atoms with Crippen molar-refractivity contribution in [1.29, 1.82) is 0 Å². The van der Waals surface area contributed by atoms with Crippen LogP contribution in [0, 0.1) is 5.82 Å². The molecule has 0 aliphatic carbocycles. The number of imidazole rings is 1. The van der Waals surface area contributed by atoms with Gasteiger partial charge in [0.25, 0.3) is 0 Å². The molecule has 0 bridgehead atoms. The van der Waals surface area contributed by atoms with Crippen molar-refractivity contribution in [2.45, 2.75) is 19.4 Å². The summed E-state index contributed by atoms with van der Waals surface area (Å²) < 4.78 is 16.5. The Balaban J connectivity index is 1.45. The van der Waals surface area contributed by atoms with Crippen molar-refractivity contribution in [2.75, 3.05) is 13.6 Å². The van der Waals surface area contributed by atoms with E-state index in [1.165, 1.54) is 6.07 Å². The van der Waals surface area contributed by atoms with Crippen LogP contribution in [0.5, 0.6) is 0 Å². The first-order chi connectivity index (χ1) is 13.7. The molecule has 28 heavy (non-hydrogen) atoms. The lowest BCUT2D eigenvalue weighted by Crippen LogP contribution is -2.37. The first-order valence-corrected chi connectivity index (χ1v) is 9.76. The van der Waals surface area contributed by atoms with Gasteiger partial charge in [0.15, 0.2) is 5.96 Å². The number of hydrogen-bond donors (Lipinski definition) is 2. The molecule has 2 aromatic heterocycles. The Hall–Kier alpha value is -2.74. The van der Waals surface area contributed by atoms with Crippen LogP contribution in [0.3, 0.4) is 0 Å². The smallest absolute Gasteiger partial charge is 0.191 e. The minimum absolute atomic E-state index is 0.178. The Morgan fingerprint density at radius 3 is 2.86 bits per heavy atom. The van der Waals surface area contributed by atoms with Crippen LogP contribution in [0.15, 0.2) is 64.7 Å². The molecule has 0 spiro atoms. The Morgan fingerprint density at radius 1 is 1.21 bits per heavy atom. The van der Waals surface area contributed by atoms with E-state index in [-0.39, 0.29) is 5.82 Å². The Kier molecular flexibility index (Phi) is 7.13. The quantitative estimate of drug-likeness (QED) is 0.332. The highest BCUT2D eigenvalue weighted by atomic mass is 79.9. The highest BCUT2D eigenvalue weighted by Crippen LogP contribution is 2.16. The Bertz CT molecular complexity index is 926. The molecule has 2 N–H and O–H groups in total. The molecule has 0 amide bonds. The second-order valence-electron chi connectivity index (χ2n) is 6.18. The van der Waals surface area contributed by atoms with Crippen LogP contribution in [-0.4, -0.2) is 34.1 Å². The van der Waals surface area contributed by atoms with Crippen molar-refractivity contribution < 1.29 is 4.39 Å². The summed E-state index contributed by atoms with van der Waals surface area (Å²) in [6.07, 6.45) is 8.54. The molecule has 0 saturated heterocycles. The molecule has 0 fully saturated rings.